The van der Waals surface area contributed by atoms with Crippen molar-refractivity contribution in [2.45, 2.75) is 58.8 Å². The summed E-state index contributed by atoms with van der Waals surface area (Å²) in [5, 5.41) is 7.55. The van der Waals surface area contributed by atoms with Crippen LogP contribution in [0, 0.1) is 6.92 Å². The molecule has 0 saturated carbocycles. The van der Waals surface area contributed by atoms with Crippen LogP contribution in [0.15, 0.2) is 28.7 Å². The molecular formula is C20H28ClN3OS. The molecule has 0 unspecified atom stereocenters. The first-order chi connectivity index (χ1) is 12.7. The number of benzene rings is 1. The van der Waals surface area contributed by atoms with E-state index in [4.69, 9.17) is 16.3 Å². The predicted octanol–water partition coefficient (Wildman–Crippen LogP) is 6.68. The molecule has 0 fully saturated rings. The number of rotatable bonds is 12. The molecule has 0 atom stereocenters. The molecular weight excluding hydrogens is 366 g/mol. The number of nitrogens with one attached hydrogen (secondary N) is 1. The molecule has 2 rings (SSSR count). The number of aryl methyl sites for hydroxylation is 1. The van der Waals surface area contributed by atoms with Gasteiger partial charge in [-0.25, -0.2) is 4.98 Å². The van der Waals surface area contributed by atoms with Gasteiger partial charge in [-0.05, 0) is 37.1 Å². The highest BCUT2D eigenvalue weighted by Crippen LogP contribution is 2.25. The number of ether oxygens (including phenoxy) is 1. The van der Waals surface area contributed by atoms with Gasteiger partial charge in [0.05, 0.1) is 23.5 Å². The minimum atomic E-state index is 0.613. The molecule has 0 radical (unpaired) electrons. The summed E-state index contributed by atoms with van der Waals surface area (Å²) in [6.07, 6.45) is 10.6. The van der Waals surface area contributed by atoms with Crippen LogP contribution in [0.2, 0.25) is 5.02 Å². The quantitative estimate of drug-likeness (QED) is 0.248. The number of aromatic nitrogens is 1. The summed E-state index contributed by atoms with van der Waals surface area (Å²) < 4.78 is 5.80. The molecule has 142 valence electrons. The molecule has 1 heterocycles. The SMILES string of the molecule is CCCCCCCCCOc1ccc(/C=N\Nc2nc(C)cs2)cc1Cl. The molecule has 0 spiro atoms. The Balaban J connectivity index is 1.69. The van der Waals surface area contributed by atoms with Gasteiger partial charge in [-0.15, -0.1) is 11.3 Å². The highest BCUT2D eigenvalue weighted by Gasteiger charge is 2.03. The molecule has 6 heteroatoms. The van der Waals surface area contributed by atoms with E-state index < -0.39 is 0 Å². The van der Waals surface area contributed by atoms with Crippen molar-refractivity contribution >= 4 is 34.3 Å². The van der Waals surface area contributed by atoms with E-state index in [1.807, 2.05) is 30.5 Å². The van der Waals surface area contributed by atoms with Crippen LogP contribution in [0.1, 0.15) is 63.1 Å². The van der Waals surface area contributed by atoms with Gasteiger partial charge >= 0.3 is 0 Å². The first-order valence-electron chi connectivity index (χ1n) is 9.32. The third-order valence-electron chi connectivity index (χ3n) is 3.95. The zero-order valence-corrected chi connectivity index (χ0v) is 17.2. The van der Waals surface area contributed by atoms with Gasteiger partial charge in [-0.2, -0.15) is 5.10 Å². The van der Waals surface area contributed by atoms with Gasteiger partial charge < -0.3 is 4.74 Å². The monoisotopic (exact) mass is 393 g/mol. The first kappa shape index (κ1) is 20.7. The van der Waals surface area contributed by atoms with E-state index in [0.29, 0.717) is 11.6 Å². The van der Waals surface area contributed by atoms with Crippen LogP contribution in [0.3, 0.4) is 0 Å². The van der Waals surface area contributed by atoms with Crippen molar-refractivity contribution in [3.05, 3.63) is 39.9 Å². The number of anilines is 1. The minimum Gasteiger partial charge on any atom is -0.492 e. The van der Waals surface area contributed by atoms with Gasteiger partial charge in [0.25, 0.3) is 0 Å². The lowest BCUT2D eigenvalue weighted by molar-refractivity contribution is 0.304. The molecule has 0 aliphatic carbocycles. The summed E-state index contributed by atoms with van der Waals surface area (Å²) in [5.74, 6) is 0.735. The third kappa shape index (κ3) is 7.75. The highest BCUT2D eigenvalue weighted by atomic mass is 35.5. The second-order valence-corrected chi connectivity index (χ2v) is 7.59. The Morgan fingerprint density at radius 3 is 2.65 bits per heavy atom. The fraction of sp³-hybridized carbons (Fsp3) is 0.500. The largest absolute Gasteiger partial charge is 0.492 e. The van der Waals surface area contributed by atoms with Gasteiger partial charge in [0.2, 0.25) is 5.13 Å². The Bertz CT molecular complexity index is 687. The molecule has 1 aromatic heterocycles. The van der Waals surface area contributed by atoms with E-state index in [1.165, 1.54) is 49.9 Å². The van der Waals surface area contributed by atoms with E-state index in [0.717, 1.165) is 28.6 Å². The van der Waals surface area contributed by atoms with E-state index in [9.17, 15) is 0 Å². The molecule has 1 N–H and O–H groups in total. The van der Waals surface area contributed by atoms with Gasteiger partial charge in [0.1, 0.15) is 5.75 Å². The Hall–Kier alpha value is -1.59. The van der Waals surface area contributed by atoms with Crippen LogP contribution < -0.4 is 10.2 Å². The van der Waals surface area contributed by atoms with Crippen molar-refractivity contribution in [2.75, 3.05) is 12.0 Å². The average Bonchev–Trinajstić information content (AvgIpc) is 3.04. The number of unbranched alkanes of at least 4 members (excludes halogenated alkanes) is 6. The van der Waals surface area contributed by atoms with E-state index in [1.54, 1.807) is 6.21 Å². The van der Waals surface area contributed by atoms with Gasteiger partial charge in [0.15, 0.2) is 0 Å². The molecule has 2 aromatic rings. The Morgan fingerprint density at radius 1 is 1.19 bits per heavy atom. The van der Waals surface area contributed by atoms with Gasteiger partial charge in [-0.1, -0.05) is 57.0 Å². The summed E-state index contributed by atoms with van der Waals surface area (Å²) in [4.78, 5) is 4.29. The summed E-state index contributed by atoms with van der Waals surface area (Å²) in [6, 6.07) is 5.71. The molecule has 0 aliphatic heterocycles. The maximum atomic E-state index is 6.31. The predicted molar refractivity (Wildman–Crippen MR) is 113 cm³/mol. The number of hydrogen-bond donors (Lipinski definition) is 1. The third-order valence-corrected chi connectivity index (χ3v) is 5.11. The summed E-state index contributed by atoms with van der Waals surface area (Å²) in [6.45, 7) is 4.91. The summed E-state index contributed by atoms with van der Waals surface area (Å²) in [7, 11) is 0. The number of hydrazone groups is 1. The Morgan fingerprint density at radius 2 is 1.96 bits per heavy atom. The van der Waals surface area contributed by atoms with Crippen LogP contribution in [0.4, 0.5) is 5.13 Å². The smallest absolute Gasteiger partial charge is 0.203 e. The second-order valence-electron chi connectivity index (χ2n) is 6.32. The van der Waals surface area contributed by atoms with Crippen LogP contribution in [-0.4, -0.2) is 17.8 Å². The minimum absolute atomic E-state index is 0.613. The molecule has 0 aliphatic rings. The van der Waals surface area contributed by atoms with Crippen molar-refractivity contribution in [2.24, 2.45) is 5.10 Å². The average molecular weight is 394 g/mol. The van der Waals surface area contributed by atoms with Crippen molar-refractivity contribution in [3.63, 3.8) is 0 Å². The number of nitrogens with zero attached hydrogens (tertiary/aromatic N) is 2. The van der Waals surface area contributed by atoms with E-state index in [-0.39, 0.29) is 0 Å². The second kappa shape index (κ2) is 11.9. The fourth-order valence-corrected chi connectivity index (χ4v) is 3.40. The first-order valence-corrected chi connectivity index (χ1v) is 10.6. The van der Waals surface area contributed by atoms with Crippen molar-refractivity contribution < 1.29 is 4.74 Å². The van der Waals surface area contributed by atoms with Crippen molar-refractivity contribution in [1.29, 1.82) is 0 Å². The fourth-order valence-electron chi connectivity index (χ4n) is 2.52. The van der Waals surface area contributed by atoms with Crippen LogP contribution >= 0.6 is 22.9 Å². The molecule has 0 saturated heterocycles. The molecule has 0 amide bonds. The normalized spacial score (nSPS) is 11.2. The lowest BCUT2D eigenvalue weighted by Gasteiger charge is -2.08. The molecule has 4 nitrogen and oxygen atoms in total. The van der Waals surface area contributed by atoms with Crippen LogP contribution in [0.25, 0.3) is 0 Å². The highest BCUT2D eigenvalue weighted by molar-refractivity contribution is 7.13. The summed E-state index contributed by atoms with van der Waals surface area (Å²) in [5.41, 5.74) is 4.82. The molecule has 1 aromatic carbocycles. The van der Waals surface area contributed by atoms with E-state index >= 15 is 0 Å². The van der Waals surface area contributed by atoms with E-state index in [2.05, 4.69) is 22.4 Å². The number of halogens is 1. The maximum absolute atomic E-state index is 6.31. The molecule has 0 bridgehead atoms. The van der Waals surface area contributed by atoms with Crippen LogP contribution in [-0.2, 0) is 0 Å². The van der Waals surface area contributed by atoms with Crippen LogP contribution in [0.5, 0.6) is 5.75 Å². The lowest BCUT2D eigenvalue weighted by Crippen LogP contribution is -1.98. The standard InChI is InChI=1S/C20H28ClN3OS/c1-3-4-5-6-7-8-9-12-25-19-11-10-17(13-18(19)21)14-22-24-20-23-16(2)15-26-20/h10-11,13-15H,3-9,12H2,1-2H3,(H,23,24)/b22-14-. The summed E-state index contributed by atoms with van der Waals surface area (Å²) >= 11 is 7.84. The zero-order chi connectivity index (χ0) is 18.6. The van der Waals surface area contributed by atoms with Gasteiger partial charge in [-0.3, -0.25) is 5.43 Å². The Labute approximate surface area is 165 Å². The number of hydrogen-bond acceptors (Lipinski definition) is 5. The van der Waals surface area contributed by atoms with Crippen molar-refractivity contribution in [1.82, 2.24) is 4.98 Å². The molecule has 26 heavy (non-hydrogen) atoms. The lowest BCUT2D eigenvalue weighted by atomic mass is 10.1. The van der Waals surface area contributed by atoms with Crippen molar-refractivity contribution in [3.8, 4) is 5.75 Å². The van der Waals surface area contributed by atoms with Gasteiger partial charge in [0, 0.05) is 5.38 Å². The maximum Gasteiger partial charge on any atom is 0.203 e. The zero-order valence-electron chi connectivity index (χ0n) is 15.6. The topological polar surface area (TPSA) is 46.5 Å². The number of thiazole rings is 1. The Kier molecular flexibility index (Phi) is 9.50.